The first-order chi connectivity index (χ1) is 9.29. The molecule has 1 saturated heterocycles. The van der Waals surface area contributed by atoms with E-state index in [1.165, 1.54) is 54.4 Å². The Hall–Kier alpha value is -0.540. The molecular formula is C16H23BrN2. The summed E-state index contributed by atoms with van der Waals surface area (Å²) in [5.74, 6) is 0.935. The zero-order valence-electron chi connectivity index (χ0n) is 11.4. The lowest BCUT2D eigenvalue weighted by Gasteiger charge is -2.33. The van der Waals surface area contributed by atoms with Crippen LogP contribution >= 0.6 is 15.9 Å². The highest BCUT2D eigenvalue weighted by Gasteiger charge is 2.36. The van der Waals surface area contributed by atoms with E-state index in [2.05, 4.69) is 39.0 Å². The molecule has 19 heavy (non-hydrogen) atoms. The number of nitrogens with two attached hydrogens (primary N) is 1. The van der Waals surface area contributed by atoms with Crippen LogP contribution in [0.4, 0.5) is 5.69 Å². The molecule has 3 heteroatoms. The highest BCUT2D eigenvalue weighted by atomic mass is 79.9. The van der Waals surface area contributed by atoms with Gasteiger partial charge in [0, 0.05) is 17.1 Å². The van der Waals surface area contributed by atoms with Gasteiger partial charge in [0.1, 0.15) is 0 Å². The van der Waals surface area contributed by atoms with Crippen LogP contribution < -0.4 is 10.6 Å². The van der Waals surface area contributed by atoms with Crippen molar-refractivity contribution >= 4 is 21.6 Å². The Morgan fingerprint density at radius 1 is 1.21 bits per heavy atom. The van der Waals surface area contributed by atoms with E-state index in [0.29, 0.717) is 0 Å². The van der Waals surface area contributed by atoms with Crippen LogP contribution in [0.5, 0.6) is 0 Å². The molecule has 0 radical (unpaired) electrons. The lowest BCUT2D eigenvalue weighted by atomic mass is 9.85. The fourth-order valence-electron chi connectivity index (χ4n) is 3.81. The molecule has 0 spiro atoms. The average molecular weight is 323 g/mol. The molecule has 0 aromatic heterocycles. The number of benzene rings is 1. The SMILES string of the molecule is NCCc1ccc(N2CCC3CCCCC32)c(Br)c1. The third-order valence-corrected chi connectivity index (χ3v) is 5.40. The molecule has 0 bridgehead atoms. The van der Waals surface area contributed by atoms with E-state index in [-0.39, 0.29) is 0 Å². The van der Waals surface area contributed by atoms with Crippen molar-refractivity contribution in [3.05, 3.63) is 28.2 Å². The van der Waals surface area contributed by atoms with Gasteiger partial charge >= 0.3 is 0 Å². The lowest BCUT2D eigenvalue weighted by molar-refractivity contribution is 0.342. The third kappa shape index (κ3) is 2.68. The summed E-state index contributed by atoms with van der Waals surface area (Å²) in [6.45, 7) is 1.95. The van der Waals surface area contributed by atoms with E-state index in [1.807, 2.05) is 0 Å². The summed E-state index contributed by atoms with van der Waals surface area (Å²) in [6, 6.07) is 7.55. The molecular weight excluding hydrogens is 300 g/mol. The summed E-state index contributed by atoms with van der Waals surface area (Å²) in [5.41, 5.74) is 8.35. The van der Waals surface area contributed by atoms with E-state index in [9.17, 15) is 0 Å². The fraction of sp³-hybridized carbons (Fsp3) is 0.625. The third-order valence-electron chi connectivity index (χ3n) is 4.76. The van der Waals surface area contributed by atoms with Crippen molar-refractivity contribution in [1.82, 2.24) is 0 Å². The second kappa shape index (κ2) is 5.84. The van der Waals surface area contributed by atoms with Gasteiger partial charge in [-0.2, -0.15) is 0 Å². The Balaban J connectivity index is 1.82. The van der Waals surface area contributed by atoms with Crippen LogP contribution in [0, 0.1) is 5.92 Å². The van der Waals surface area contributed by atoms with Crippen LogP contribution in [-0.2, 0) is 6.42 Å². The van der Waals surface area contributed by atoms with Crippen molar-refractivity contribution in [2.75, 3.05) is 18.0 Å². The van der Waals surface area contributed by atoms with Crippen LogP contribution in [0.2, 0.25) is 0 Å². The molecule has 2 aliphatic rings. The maximum atomic E-state index is 5.63. The van der Waals surface area contributed by atoms with Crippen molar-refractivity contribution in [3.63, 3.8) is 0 Å². The smallest absolute Gasteiger partial charge is 0.0513 e. The highest BCUT2D eigenvalue weighted by Crippen LogP contribution is 2.41. The summed E-state index contributed by atoms with van der Waals surface area (Å²) in [5, 5.41) is 0. The van der Waals surface area contributed by atoms with Crippen molar-refractivity contribution in [3.8, 4) is 0 Å². The van der Waals surface area contributed by atoms with Gasteiger partial charge in [-0.25, -0.2) is 0 Å². The van der Waals surface area contributed by atoms with Crippen molar-refractivity contribution in [1.29, 1.82) is 0 Å². The molecule has 1 aromatic rings. The molecule has 1 aromatic carbocycles. The van der Waals surface area contributed by atoms with Gasteiger partial charge in [-0.05, 0) is 71.8 Å². The van der Waals surface area contributed by atoms with E-state index >= 15 is 0 Å². The number of hydrogen-bond acceptors (Lipinski definition) is 2. The van der Waals surface area contributed by atoms with Gasteiger partial charge in [-0.3, -0.25) is 0 Å². The fourth-order valence-corrected chi connectivity index (χ4v) is 4.46. The number of hydrogen-bond donors (Lipinski definition) is 1. The van der Waals surface area contributed by atoms with Gasteiger partial charge in [0.15, 0.2) is 0 Å². The maximum absolute atomic E-state index is 5.63. The summed E-state index contributed by atoms with van der Waals surface area (Å²) in [7, 11) is 0. The second-order valence-electron chi connectivity index (χ2n) is 5.92. The minimum atomic E-state index is 0.722. The Morgan fingerprint density at radius 2 is 2.05 bits per heavy atom. The first kappa shape index (κ1) is 13.4. The Morgan fingerprint density at radius 3 is 2.84 bits per heavy atom. The van der Waals surface area contributed by atoms with Gasteiger partial charge in [0.05, 0.1) is 5.69 Å². The Bertz CT molecular complexity index is 446. The molecule has 2 nitrogen and oxygen atoms in total. The molecule has 2 unspecified atom stereocenters. The molecule has 2 fully saturated rings. The van der Waals surface area contributed by atoms with Gasteiger partial charge in [0.25, 0.3) is 0 Å². The standard InChI is InChI=1S/C16H23BrN2/c17-14-11-12(7-9-18)5-6-16(14)19-10-8-13-3-1-2-4-15(13)19/h5-6,11,13,15H,1-4,7-10,18H2. The number of fused-ring (bicyclic) bond motifs is 1. The van der Waals surface area contributed by atoms with Gasteiger partial charge in [-0.1, -0.05) is 18.9 Å². The molecule has 2 atom stereocenters. The zero-order valence-corrected chi connectivity index (χ0v) is 13.0. The monoisotopic (exact) mass is 322 g/mol. The van der Waals surface area contributed by atoms with Gasteiger partial charge in [0.2, 0.25) is 0 Å². The van der Waals surface area contributed by atoms with Crippen LogP contribution in [0.15, 0.2) is 22.7 Å². The van der Waals surface area contributed by atoms with Gasteiger partial charge in [-0.15, -0.1) is 0 Å². The molecule has 1 aliphatic heterocycles. The predicted octanol–water partition coefficient (Wildman–Crippen LogP) is 3.72. The predicted molar refractivity (Wildman–Crippen MR) is 84.6 cm³/mol. The highest BCUT2D eigenvalue weighted by molar-refractivity contribution is 9.10. The summed E-state index contributed by atoms with van der Waals surface area (Å²) < 4.78 is 1.24. The van der Waals surface area contributed by atoms with Crippen molar-refractivity contribution in [2.24, 2.45) is 11.7 Å². The largest absolute Gasteiger partial charge is 0.367 e. The molecule has 104 valence electrons. The van der Waals surface area contributed by atoms with E-state index < -0.39 is 0 Å². The normalized spacial score (nSPS) is 26.5. The minimum absolute atomic E-state index is 0.722. The van der Waals surface area contributed by atoms with Crippen LogP contribution in [0.3, 0.4) is 0 Å². The molecule has 0 amide bonds. The number of rotatable bonds is 3. The zero-order chi connectivity index (χ0) is 13.2. The van der Waals surface area contributed by atoms with Crippen LogP contribution in [0.25, 0.3) is 0 Å². The molecule has 1 saturated carbocycles. The van der Waals surface area contributed by atoms with E-state index in [1.54, 1.807) is 0 Å². The topological polar surface area (TPSA) is 29.3 Å². The second-order valence-corrected chi connectivity index (χ2v) is 6.77. The molecule has 2 N–H and O–H groups in total. The maximum Gasteiger partial charge on any atom is 0.0513 e. The molecule has 3 rings (SSSR count). The number of nitrogens with zero attached hydrogens (tertiary/aromatic N) is 1. The van der Waals surface area contributed by atoms with E-state index in [0.717, 1.165) is 24.9 Å². The first-order valence-corrected chi connectivity index (χ1v) is 8.34. The van der Waals surface area contributed by atoms with Crippen LogP contribution in [-0.4, -0.2) is 19.1 Å². The van der Waals surface area contributed by atoms with Crippen molar-refractivity contribution < 1.29 is 0 Å². The summed E-state index contributed by atoms with van der Waals surface area (Å²) in [4.78, 5) is 2.64. The summed E-state index contributed by atoms with van der Waals surface area (Å²) >= 11 is 3.76. The quantitative estimate of drug-likeness (QED) is 0.919. The lowest BCUT2D eigenvalue weighted by Crippen LogP contribution is -2.34. The Labute approximate surface area is 124 Å². The van der Waals surface area contributed by atoms with Crippen molar-refractivity contribution in [2.45, 2.75) is 44.6 Å². The minimum Gasteiger partial charge on any atom is -0.367 e. The average Bonchev–Trinajstić information content (AvgIpc) is 2.83. The number of halogens is 1. The summed E-state index contributed by atoms with van der Waals surface area (Å²) in [6.07, 6.45) is 7.99. The number of anilines is 1. The molecule has 1 heterocycles. The Kier molecular flexibility index (Phi) is 4.13. The molecule has 1 aliphatic carbocycles. The van der Waals surface area contributed by atoms with Gasteiger partial charge < -0.3 is 10.6 Å². The van der Waals surface area contributed by atoms with Crippen LogP contribution in [0.1, 0.15) is 37.7 Å². The first-order valence-electron chi connectivity index (χ1n) is 7.54. The van der Waals surface area contributed by atoms with E-state index in [4.69, 9.17) is 5.73 Å².